The Morgan fingerprint density at radius 1 is 0.864 bits per heavy atom. The lowest BCUT2D eigenvalue weighted by Gasteiger charge is -2.09. The molecule has 0 heterocycles. The molecule has 0 spiro atoms. The summed E-state index contributed by atoms with van der Waals surface area (Å²) in [6, 6.07) is 12.8. The molecule has 0 atom stereocenters. The van der Waals surface area contributed by atoms with Gasteiger partial charge in [0.2, 0.25) is 0 Å². The Bertz CT molecular complexity index is 612. The molecule has 4 nitrogen and oxygen atoms in total. The predicted octanol–water partition coefficient (Wildman–Crippen LogP) is 3.69. The molecule has 0 aliphatic heterocycles. The van der Waals surface area contributed by atoms with Gasteiger partial charge in [0.1, 0.15) is 17.2 Å². The smallest absolute Gasteiger partial charge is 0.349 e. The summed E-state index contributed by atoms with van der Waals surface area (Å²) in [7, 11) is 0. The third-order valence-electron chi connectivity index (χ3n) is 2.92. The zero-order valence-electron chi connectivity index (χ0n) is 13.1. The first-order valence-electron chi connectivity index (χ1n) is 7.21. The molecule has 116 valence electrons. The topological polar surface area (TPSA) is 44.8 Å². The van der Waals surface area contributed by atoms with E-state index < -0.39 is 5.97 Å². The van der Waals surface area contributed by atoms with Crippen LogP contribution in [0.5, 0.6) is 17.2 Å². The van der Waals surface area contributed by atoms with E-state index in [1.807, 2.05) is 39.0 Å². The van der Waals surface area contributed by atoms with Crippen LogP contribution < -0.4 is 14.2 Å². The van der Waals surface area contributed by atoms with Crippen LogP contribution in [0.15, 0.2) is 42.5 Å². The van der Waals surface area contributed by atoms with Gasteiger partial charge >= 0.3 is 5.97 Å². The van der Waals surface area contributed by atoms with Crippen LogP contribution in [0.25, 0.3) is 0 Å². The summed E-state index contributed by atoms with van der Waals surface area (Å²) in [4.78, 5) is 11.8. The molecular weight excluding hydrogens is 280 g/mol. The van der Waals surface area contributed by atoms with Crippen LogP contribution in [-0.4, -0.2) is 19.2 Å². The highest BCUT2D eigenvalue weighted by molar-refractivity contribution is 5.74. The molecule has 0 amide bonds. The van der Waals surface area contributed by atoms with Gasteiger partial charge in [-0.2, -0.15) is 0 Å². The highest BCUT2D eigenvalue weighted by Crippen LogP contribution is 2.18. The second kappa shape index (κ2) is 7.50. The second-order valence-electron chi connectivity index (χ2n) is 4.99. The fourth-order valence-corrected chi connectivity index (χ4v) is 2.09. The third kappa shape index (κ3) is 4.81. The molecule has 0 radical (unpaired) electrons. The Balaban J connectivity index is 1.87. The second-order valence-corrected chi connectivity index (χ2v) is 4.99. The van der Waals surface area contributed by atoms with Gasteiger partial charge in [-0.1, -0.05) is 6.07 Å². The van der Waals surface area contributed by atoms with Crippen LogP contribution in [0.1, 0.15) is 18.1 Å². The van der Waals surface area contributed by atoms with E-state index in [1.165, 1.54) is 0 Å². The predicted molar refractivity (Wildman–Crippen MR) is 84.7 cm³/mol. The number of carbonyl (C=O) groups excluding carboxylic acids is 1. The number of hydrogen-bond acceptors (Lipinski definition) is 4. The third-order valence-corrected chi connectivity index (χ3v) is 2.92. The molecule has 0 bridgehead atoms. The van der Waals surface area contributed by atoms with Crippen LogP contribution in [0.3, 0.4) is 0 Å². The first-order valence-corrected chi connectivity index (χ1v) is 7.21. The van der Waals surface area contributed by atoms with Gasteiger partial charge in [-0.3, -0.25) is 0 Å². The fraction of sp³-hybridized carbons (Fsp3) is 0.278. The lowest BCUT2D eigenvalue weighted by molar-refractivity contribution is -0.136. The van der Waals surface area contributed by atoms with Gasteiger partial charge in [-0.05, 0) is 68.3 Å². The average molecular weight is 300 g/mol. The molecule has 0 fully saturated rings. The van der Waals surface area contributed by atoms with Crippen molar-refractivity contribution in [3.05, 3.63) is 53.6 Å². The zero-order chi connectivity index (χ0) is 15.9. The van der Waals surface area contributed by atoms with Gasteiger partial charge < -0.3 is 14.2 Å². The van der Waals surface area contributed by atoms with Gasteiger partial charge in [0, 0.05) is 0 Å². The van der Waals surface area contributed by atoms with Gasteiger partial charge in [-0.15, -0.1) is 0 Å². The summed E-state index contributed by atoms with van der Waals surface area (Å²) in [6.07, 6.45) is 0. The van der Waals surface area contributed by atoms with Crippen molar-refractivity contribution < 1.29 is 19.0 Å². The van der Waals surface area contributed by atoms with E-state index in [0.717, 1.165) is 16.9 Å². The van der Waals surface area contributed by atoms with Crippen molar-refractivity contribution >= 4 is 5.97 Å². The molecule has 2 aromatic rings. The standard InChI is InChI=1S/C18H20O4/c1-4-20-15-5-7-16(8-6-15)21-12-18(19)22-17-10-13(2)9-14(3)11-17/h5-11H,4,12H2,1-3H3. The zero-order valence-corrected chi connectivity index (χ0v) is 13.1. The molecule has 0 saturated carbocycles. The van der Waals surface area contributed by atoms with E-state index >= 15 is 0 Å². The Labute approximate surface area is 130 Å². The largest absolute Gasteiger partial charge is 0.494 e. The molecule has 0 aliphatic carbocycles. The van der Waals surface area contributed by atoms with Gasteiger partial charge in [0.15, 0.2) is 6.61 Å². The minimum Gasteiger partial charge on any atom is -0.494 e. The van der Waals surface area contributed by atoms with Gasteiger partial charge in [0.05, 0.1) is 6.61 Å². The van der Waals surface area contributed by atoms with Crippen LogP contribution in [-0.2, 0) is 4.79 Å². The molecule has 0 aromatic heterocycles. The van der Waals surface area contributed by atoms with Crippen LogP contribution >= 0.6 is 0 Å². The van der Waals surface area contributed by atoms with Crippen molar-refractivity contribution in [2.75, 3.05) is 13.2 Å². The molecule has 0 N–H and O–H groups in total. The highest BCUT2D eigenvalue weighted by Gasteiger charge is 2.07. The quantitative estimate of drug-likeness (QED) is 0.603. The van der Waals surface area contributed by atoms with Crippen LogP contribution in [0.2, 0.25) is 0 Å². The number of esters is 1. The molecule has 2 aromatic carbocycles. The van der Waals surface area contributed by atoms with E-state index in [9.17, 15) is 4.79 Å². The van der Waals surface area contributed by atoms with Crippen LogP contribution in [0.4, 0.5) is 0 Å². The van der Waals surface area contributed by atoms with Crippen molar-refractivity contribution in [3.63, 3.8) is 0 Å². The van der Waals surface area contributed by atoms with Crippen molar-refractivity contribution in [1.82, 2.24) is 0 Å². The summed E-state index contributed by atoms with van der Waals surface area (Å²) in [5.41, 5.74) is 2.10. The van der Waals surface area contributed by atoms with Crippen molar-refractivity contribution in [3.8, 4) is 17.2 Å². The first kappa shape index (κ1) is 15.9. The van der Waals surface area contributed by atoms with Gasteiger partial charge in [-0.25, -0.2) is 4.79 Å². The minimum atomic E-state index is -0.432. The number of carbonyl (C=O) groups is 1. The highest BCUT2D eigenvalue weighted by atomic mass is 16.6. The van der Waals surface area contributed by atoms with E-state index in [0.29, 0.717) is 18.1 Å². The summed E-state index contributed by atoms with van der Waals surface area (Å²) in [6.45, 7) is 6.32. The van der Waals surface area contributed by atoms with E-state index in [4.69, 9.17) is 14.2 Å². The monoisotopic (exact) mass is 300 g/mol. The van der Waals surface area contributed by atoms with Crippen molar-refractivity contribution in [1.29, 1.82) is 0 Å². The lowest BCUT2D eigenvalue weighted by Crippen LogP contribution is -2.17. The normalized spacial score (nSPS) is 10.1. The van der Waals surface area contributed by atoms with E-state index in [2.05, 4.69) is 0 Å². The summed E-state index contributed by atoms with van der Waals surface area (Å²) < 4.78 is 16.0. The van der Waals surface area contributed by atoms with Crippen molar-refractivity contribution in [2.24, 2.45) is 0 Å². The molecule has 0 unspecified atom stereocenters. The Kier molecular flexibility index (Phi) is 5.42. The average Bonchev–Trinajstić information content (AvgIpc) is 2.46. The molecular formula is C18H20O4. The molecule has 0 saturated heterocycles. The summed E-state index contributed by atoms with van der Waals surface area (Å²) in [5.74, 6) is 1.48. The number of rotatable bonds is 6. The Hall–Kier alpha value is -2.49. The lowest BCUT2D eigenvalue weighted by atomic mass is 10.1. The maximum atomic E-state index is 11.8. The van der Waals surface area contributed by atoms with Gasteiger partial charge in [0.25, 0.3) is 0 Å². The number of aryl methyl sites for hydroxylation is 2. The van der Waals surface area contributed by atoms with Crippen LogP contribution in [0, 0.1) is 13.8 Å². The first-order chi connectivity index (χ1) is 10.6. The molecule has 4 heteroatoms. The number of benzene rings is 2. The summed E-state index contributed by atoms with van der Waals surface area (Å²) in [5, 5.41) is 0. The van der Waals surface area contributed by atoms with E-state index in [1.54, 1.807) is 24.3 Å². The fourth-order valence-electron chi connectivity index (χ4n) is 2.09. The minimum absolute atomic E-state index is 0.138. The van der Waals surface area contributed by atoms with E-state index in [-0.39, 0.29) is 6.61 Å². The molecule has 22 heavy (non-hydrogen) atoms. The number of hydrogen-bond donors (Lipinski definition) is 0. The maximum Gasteiger partial charge on any atom is 0.349 e. The van der Waals surface area contributed by atoms with Crippen molar-refractivity contribution in [2.45, 2.75) is 20.8 Å². The SMILES string of the molecule is CCOc1ccc(OCC(=O)Oc2cc(C)cc(C)c2)cc1. The number of ether oxygens (including phenoxy) is 3. The Morgan fingerprint density at radius 2 is 1.41 bits per heavy atom. The molecule has 0 aliphatic rings. The molecule has 2 rings (SSSR count). The summed E-state index contributed by atoms with van der Waals surface area (Å²) >= 11 is 0. The maximum absolute atomic E-state index is 11.8. The Morgan fingerprint density at radius 3 is 1.95 bits per heavy atom.